The summed E-state index contributed by atoms with van der Waals surface area (Å²) in [5.41, 5.74) is 3.07. The quantitative estimate of drug-likeness (QED) is 0.340. The van der Waals surface area contributed by atoms with Crippen molar-refractivity contribution >= 4 is 26.0 Å². The molecule has 33 heavy (non-hydrogen) atoms. The van der Waals surface area contributed by atoms with Gasteiger partial charge in [0.15, 0.2) is 19.9 Å². The van der Waals surface area contributed by atoms with Crippen molar-refractivity contribution in [2.45, 2.75) is 79.1 Å². The lowest BCUT2D eigenvalue weighted by Crippen LogP contribution is -2.43. The zero-order chi connectivity index (χ0) is 24.8. The summed E-state index contributed by atoms with van der Waals surface area (Å²) in [6.45, 7) is 18.8. The minimum atomic E-state index is -1.91. The topological polar surface area (TPSA) is 46.6 Å². The molecule has 0 N–H and O–H groups in total. The number of nitrogens with zero attached hydrogens (tertiary/aromatic N) is 1. The Morgan fingerprint density at radius 2 is 1.79 bits per heavy atom. The lowest BCUT2D eigenvalue weighted by atomic mass is 9.70. The highest BCUT2D eigenvalue weighted by Crippen LogP contribution is 2.65. The Bertz CT molecular complexity index is 939. The van der Waals surface area contributed by atoms with Crippen molar-refractivity contribution < 1.29 is 14.0 Å². The number of Topliss-reactive ketones (excluding diaryl/α,β-unsaturated/α-hetero) is 2. The Morgan fingerprint density at radius 3 is 2.30 bits per heavy atom. The Kier molecular flexibility index (Phi) is 7.03. The highest BCUT2D eigenvalue weighted by atomic mass is 28.4. The van der Waals surface area contributed by atoms with E-state index in [1.165, 1.54) is 0 Å². The second kappa shape index (κ2) is 8.90. The Labute approximate surface area is 201 Å². The molecule has 182 valence electrons. The van der Waals surface area contributed by atoms with E-state index < -0.39 is 8.32 Å². The molecule has 5 heteroatoms. The molecule has 4 nitrogen and oxygen atoms in total. The lowest BCUT2D eigenvalue weighted by Gasteiger charge is -2.36. The maximum atomic E-state index is 13.1. The second-order valence-corrected chi connectivity index (χ2v) is 17.4. The first kappa shape index (κ1) is 26.0. The minimum absolute atomic E-state index is 0.0411. The van der Waals surface area contributed by atoms with Crippen molar-refractivity contribution in [1.29, 1.82) is 0 Å². The van der Waals surface area contributed by atoms with Crippen molar-refractivity contribution in [1.82, 2.24) is 4.90 Å². The molecule has 2 atom stereocenters. The van der Waals surface area contributed by atoms with Gasteiger partial charge in [-0.2, -0.15) is 0 Å². The highest BCUT2D eigenvalue weighted by Gasteiger charge is 2.63. The van der Waals surface area contributed by atoms with Gasteiger partial charge in [0.2, 0.25) is 0 Å². The SMILES string of the molecule is CN(CC(=O)CO[Si](C)(C)C(C)(C)C)Cc1ccc(C=C2C(=O)C3(C)CCC2C3(C)C)cc1. The normalized spacial score (nSPS) is 25.9. The van der Waals surface area contributed by atoms with E-state index in [0.29, 0.717) is 24.8 Å². The van der Waals surface area contributed by atoms with E-state index in [1.54, 1.807) is 0 Å². The van der Waals surface area contributed by atoms with Crippen LogP contribution in [0.2, 0.25) is 18.1 Å². The number of benzene rings is 1. The zero-order valence-electron chi connectivity index (χ0n) is 22.2. The molecule has 2 saturated carbocycles. The van der Waals surface area contributed by atoms with Gasteiger partial charge in [0.25, 0.3) is 0 Å². The summed E-state index contributed by atoms with van der Waals surface area (Å²) in [5.74, 6) is 0.820. The summed E-state index contributed by atoms with van der Waals surface area (Å²) in [7, 11) is 0.0616. The number of carbonyl (C=O) groups excluding carboxylic acids is 2. The fraction of sp³-hybridized carbons (Fsp3) is 0.643. The third kappa shape index (κ3) is 4.96. The van der Waals surface area contributed by atoms with Gasteiger partial charge in [-0.15, -0.1) is 0 Å². The standard InChI is InChI=1S/C28H43NO3Si/c1-26(2,3)33(8,9)32-19-22(30)18-29(7)17-21-12-10-20(11-13-21)16-23-24-14-15-28(6,25(23)31)27(24,4)5/h10-13,16,24H,14-15,17-19H2,1-9H3. The van der Waals surface area contributed by atoms with Crippen LogP contribution in [0.3, 0.4) is 0 Å². The first-order chi connectivity index (χ1) is 15.1. The van der Waals surface area contributed by atoms with Gasteiger partial charge in [-0.25, -0.2) is 0 Å². The van der Waals surface area contributed by atoms with Crippen LogP contribution in [0.1, 0.15) is 65.5 Å². The molecule has 0 saturated heterocycles. The Balaban J connectivity index is 1.57. The summed E-state index contributed by atoms with van der Waals surface area (Å²) in [5, 5.41) is 0.104. The van der Waals surface area contributed by atoms with Gasteiger partial charge in [0.05, 0.1) is 13.2 Å². The van der Waals surface area contributed by atoms with Crippen LogP contribution in [0.4, 0.5) is 0 Å². The van der Waals surface area contributed by atoms with Crippen molar-refractivity contribution in [2.24, 2.45) is 16.7 Å². The predicted octanol–water partition coefficient (Wildman–Crippen LogP) is 6.12. The Hall–Kier alpha value is -1.56. The van der Waals surface area contributed by atoms with Crippen molar-refractivity contribution in [3.05, 3.63) is 41.0 Å². The number of fused-ring (bicyclic) bond motifs is 2. The van der Waals surface area contributed by atoms with E-state index in [1.807, 2.05) is 11.9 Å². The number of allylic oxidation sites excluding steroid dienone is 1. The number of hydrogen-bond acceptors (Lipinski definition) is 4. The third-order valence-electron chi connectivity index (χ3n) is 8.97. The smallest absolute Gasteiger partial charge is 0.192 e. The summed E-state index contributed by atoms with van der Waals surface area (Å²) in [6.07, 6.45) is 4.22. The first-order valence-electron chi connectivity index (χ1n) is 12.3. The molecule has 0 amide bonds. The van der Waals surface area contributed by atoms with Crippen LogP contribution in [0.5, 0.6) is 0 Å². The molecule has 2 unspecified atom stereocenters. The predicted molar refractivity (Wildman–Crippen MR) is 139 cm³/mol. The van der Waals surface area contributed by atoms with Crippen molar-refractivity contribution in [3.8, 4) is 0 Å². The molecule has 1 aromatic rings. The van der Waals surface area contributed by atoms with Gasteiger partial charge < -0.3 is 4.43 Å². The number of hydrogen-bond donors (Lipinski definition) is 0. The number of likely N-dealkylation sites (N-methyl/N-ethyl adjacent to an activating group) is 1. The van der Waals surface area contributed by atoms with Crippen molar-refractivity contribution in [3.63, 3.8) is 0 Å². The molecule has 0 radical (unpaired) electrons. The molecule has 2 fully saturated rings. The molecule has 2 aliphatic rings. The number of carbonyl (C=O) groups is 2. The van der Waals surface area contributed by atoms with Gasteiger partial charge in [-0.05, 0) is 72.1 Å². The summed E-state index contributed by atoms with van der Waals surface area (Å²) < 4.78 is 6.07. The molecule has 2 bridgehead atoms. The maximum absolute atomic E-state index is 13.1. The summed E-state index contributed by atoms with van der Waals surface area (Å²) in [4.78, 5) is 27.6. The monoisotopic (exact) mass is 469 g/mol. The molecule has 0 heterocycles. The van der Waals surface area contributed by atoms with Gasteiger partial charge in [0.1, 0.15) is 0 Å². The molecule has 0 aliphatic heterocycles. The fourth-order valence-electron chi connectivity index (χ4n) is 5.18. The minimum Gasteiger partial charge on any atom is -0.409 e. The van der Waals surface area contributed by atoms with Crippen molar-refractivity contribution in [2.75, 3.05) is 20.2 Å². The van der Waals surface area contributed by atoms with E-state index in [4.69, 9.17) is 4.43 Å². The lowest BCUT2D eigenvalue weighted by molar-refractivity contribution is -0.125. The summed E-state index contributed by atoms with van der Waals surface area (Å²) >= 11 is 0. The molecule has 0 spiro atoms. The van der Waals surface area contributed by atoms with Crippen LogP contribution in [-0.2, 0) is 20.6 Å². The Morgan fingerprint density at radius 1 is 1.18 bits per heavy atom. The number of rotatable bonds is 8. The molecule has 0 aromatic heterocycles. The van der Waals surface area contributed by atoms with Gasteiger partial charge in [0, 0.05) is 12.0 Å². The van der Waals surface area contributed by atoms with Gasteiger partial charge >= 0.3 is 0 Å². The molecule has 3 rings (SSSR count). The van der Waals surface area contributed by atoms with Crippen LogP contribution in [0.25, 0.3) is 6.08 Å². The van der Waals surface area contributed by atoms with Crippen LogP contribution in [0.15, 0.2) is 29.8 Å². The van der Waals surface area contributed by atoms with Crippen LogP contribution in [0, 0.1) is 16.7 Å². The van der Waals surface area contributed by atoms with Crippen LogP contribution in [-0.4, -0.2) is 45.0 Å². The van der Waals surface area contributed by atoms with E-state index in [2.05, 4.69) is 85.0 Å². The second-order valence-electron chi connectivity index (χ2n) is 12.6. The van der Waals surface area contributed by atoms with Crippen LogP contribution >= 0.6 is 0 Å². The molecule has 2 aliphatic carbocycles. The van der Waals surface area contributed by atoms with E-state index in [9.17, 15) is 9.59 Å². The average Bonchev–Trinajstić information content (AvgIpc) is 3.00. The summed E-state index contributed by atoms with van der Waals surface area (Å²) in [6, 6.07) is 8.38. The van der Waals surface area contributed by atoms with E-state index >= 15 is 0 Å². The molecular formula is C28H43NO3Si. The van der Waals surface area contributed by atoms with E-state index in [0.717, 1.165) is 29.5 Å². The molecule has 1 aromatic carbocycles. The fourth-order valence-corrected chi connectivity index (χ4v) is 6.14. The largest absolute Gasteiger partial charge is 0.409 e. The van der Waals surface area contributed by atoms with Crippen LogP contribution < -0.4 is 0 Å². The highest BCUT2D eigenvalue weighted by molar-refractivity contribution is 6.74. The maximum Gasteiger partial charge on any atom is 0.192 e. The number of ketones is 2. The zero-order valence-corrected chi connectivity index (χ0v) is 23.2. The van der Waals surface area contributed by atoms with Gasteiger partial charge in [-0.3, -0.25) is 14.5 Å². The van der Waals surface area contributed by atoms with Gasteiger partial charge in [-0.1, -0.05) is 65.8 Å². The molecular weight excluding hydrogens is 426 g/mol. The third-order valence-corrected chi connectivity index (χ3v) is 13.4. The average molecular weight is 470 g/mol. The van der Waals surface area contributed by atoms with E-state index in [-0.39, 0.29) is 28.3 Å². The first-order valence-corrected chi connectivity index (χ1v) is 15.2.